The molecule has 0 aliphatic rings. The maximum atomic E-state index is 11.8. The van der Waals surface area contributed by atoms with Crippen LogP contribution in [0, 0.1) is 0 Å². The summed E-state index contributed by atoms with van der Waals surface area (Å²) >= 11 is 1.55. The number of amides is 1. The summed E-state index contributed by atoms with van der Waals surface area (Å²) in [5.74, 6) is 1.06. The Balaban J connectivity index is 2.56. The molecule has 0 aromatic carbocycles. The monoisotopic (exact) mass is 257 g/mol. The Bertz CT molecular complexity index is 374. The van der Waals surface area contributed by atoms with Crippen LogP contribution in [0.5, 0.6) is 0 Å². The van der Waals surface area contributed by atoms with Crippen molar-refractivity contribution < 1.29 is 14.3 Å². The third-order valence-electron chi connectivity index (χ3n) is 2.40. The van der Waals surface area contributed by atoms with Gasteiger partial charge in [-0.2, -0.15) is 11.8 Å². The average Bonchev–Trinajstić information content (AvgIpc) is 2.74. The number of aryl methyl sites for hydroxylation is 1. The number of hydrogen-bond donors (Lipinski definition) is 2. The van der Waals surface area contributed by atoms with E-state index in [-0.39, 0.29) is 12.5 Å². The van der Waals surface area contributed by atoms with E-state index in [0.717, 1.165) is 0 Å². The first-order chi connectivity index (χ1) is 8.00. The summed E-state index contributed by atoms with van der Waals surface area (Å²) in [4.78, 5) is 11.8. The van der Waals surface area contributed by atoms with Gasteiger partial charge in [0.05, 0.1) is 17.4 Å². The molecule has 0 aliphatic heterocycles. The van der Waals surface area contributed by atoms with Crippen molar-refractivity contribution in [2.75, 3.05) is 18.6 Å². The van der Waals surface area contributed by atoms with Crippen molar-refractivity contribution in [2.45, 2.75) is 25.9 Å². The maximum Gasteiger partial charge on any atom is 0.254 e. The van der Waals surface area contributed by atoms with Crippen LogP contribution < -0.4 is 5.32 Å². The van der Waals surface area contributed by atoms with Gasteiger partial charge in [-0.15, -0.1) is 0 Å². The van der Waals surface area contributed by atoms with E-state index in [4.69, 9.17) is 4.42 Å². The summed E-state index contributed by atoms with van der Waals surface area (Å²) in [7, 11) is 0. The first-order valence-electron chi connectivity index (χ1n) is 5.56. The lowest BCUT2D eigenvalue weighted by molar-refractivity contribution is 0.0724. The van der Waals surface area contributed by atoms with Crippen LogP contribution in [0.2, 0.25) is 0 Å². The molecule has 0 radical (unpaired) electrons. The largest absolute Gasteiger partial charge is 0.469 e. The molecule has 0 aliphatic carbocycles. The number of carbonyl (C=O) groups is 1. The van der Waals surface area contributed by atoms with Crippen molar-refractivity contribution in [3.8, 4) is 0 Å². The molecule has 5 heteroatoms. The summed E-state index contributed by atoms with van der Waals surface area (Å²) in [6.07, 6.45) is 4.10. The maximum absolute atomic E-state index is 11.8. The third-order valence-corrected chi connectivity index (χ3v) is 3.31. The van der Waals surface area contributed by atoms with Crippen LogP contribution >= 0.6 is 11.8 Å². The van der Waals surface area contributed by atoms with E-state index < -0.39 is 5.60 Å². The highest BCUT2D eigenvalue weighted by Crippen LogP contribution is 2.12. The van der Waals surface area contributed by atoms with Gasteiger partial charge in [0, 0.05) is 18.7 Å². The average molecular weight is 257 g/mol. The van der Waals surface area contributed by atoms with Crippen molar-refractivity contribution in [3.05, 3.63) is 23.7 Å². The fraction of sp³-hybridized carbons (Fsp3) is 0.583. The SMILES string of the molecule is CCc1occc1C(=O)NCC(C)(O)CSC. The number of carbonyl (C=O) groups excluding carboxylic acids is 1. The van der Waals surface area contributed by atoms with Gasteiger partial charge in [-0.1, -0.05) is 6.92 Å². The van der Waals surface area contributed by atoms with Gasteiger partial charge in [0.2, 0.25) is 0 Å². The number of aliphatic hydroxyl groups is 1. The van der Waals surface area contributed by atoms with Crippen LogP contribution in [0.1, 0.15) is 30.0 Å². The van der Waals surface area contributed by atoms with Crippen molar-refractivity contribution in [2.24, 2.45) is 0 Å². The van der Waals surface area contributed by atoms with Crippen molar-refractivity contribution in [1.29, 1.82) is 0 Å². The summed E-state index contributed by atoms with van der Waals surface area (Å²) in [6.45, 7) is 3.88. The van der Waals surface area contributed by atoms with Crippen LogP contribution in [0.4, 0.5) is 0 Å². The predicted molar refractivity (Wildman–Crippen MR) is 69.4 cm³/mol. The first kappa shape index (κ1) is 14.1. The molecule has 96 valence electrons. The molecular weight excluding hydrogens is 238 g/mol. The van der Waals surface area contributed by atoms with Gasteiger partial charge in [0.15, 0.2) is 0 Å². The van der Waals surface area contributed by atoms with Crippen LogP contribution in [0.3, 0.4) is 0 Å². The molecule has 1 aromatic heterocycles. The Morgan fingerprint density at radius 3 is 2.94 bits per heavy atom. The standard InChI is InChI=1S/C12H19NO3S/c1-4-10-9(5-6-16-10)11(14)13-7-12(2,15)8-17-3/h5-6,15H,4,7-8H2,1-3H3,(H,13,14). The molecule has 2 N–H and O–H groups in total. The highest BCUT2D eigenvalue weighted by atomic mass is 32.2. The molecule has 1 amide bonds. The zero-order valence-corrected chi connectivity index (χ0v) is 11.3. The van der Waals surface area contributed by atoms with E-state index in [2.05, 4.69) is 5.32 Å². The Labute approximate surface area is 106 Å². The second kappa shape index (κ2) is 6.12. The minimum Gasteiger partial charge on any atom is -0.469 e. The summed E-state index contributed by atoms with van der Waals surface area (Å²) in [5.41, 5.74) is -0.335. The molecule has 0 spiro atoms. The number of nitrogens with one attached hydrogen (secondary N) is 1. The summed E-state index contributed by atoms with van der Waals surface area (Å²) in [5, 5.41) is 12.7. The lowest BCUT2D eigenvalue weighted by Gasteiger charge is -2.22. The third kappa shape index (κ3) is 4.09. The molecular formula is C12H19NO3S. The Hall–Kier alpha value is -0.940. The van der Waals surface area contributed by atoms with Crippen LogP contribution in [-0.2, 0) is 6.42 Å². The molecule has 1 rings (SSSR count). The van der Waals surface area contributed by atoms with Gasteiger partial charge in [0.1, 0.15) is 5.76 Å². The molecule has 0 fully saturated rings. The molecule has 0 saturated carbocycles. The predicted octanol–water partition coefficient (Wildman–Crippen LogP) is 1.69. The van der Waals surface area contributed by atoms with Crippen LogP contribution in [0.25, 0.3) is 0 Å². The minimum atomic E-state index is -0.884. The van der Waals surface area contributed by atoms with Gasteiger partial charge in [-0.25, -0.2) is 0 Å². The highest BCUT2D eigenvalue weighted by Gasteiger charge is 2.22. The van der Waals surface area contributed by atoms with Crippen LogP contribution in [-0.4, -0.2) is 35.2 Å². The van der Waals surface area contributed by atoms with Gasteiger partial charge in [-0.05, 0) is 19.2 Å². The van der Waals surface area contributed by atoms with Gasteiger partial charge in [0.25, 0.3) is 5.91 Å². The molecule has 17 heavy (non-hydrogen) atoms. The summed E-state index contributed by atoms with van der Waals surface area (Å²) in [6, 6.07) is 1.65. The second-order valence-electron chi connectivity index (χ2n) is 4.22. The van der Waals surface area contributed by atoms with E-state index in [9.17, 15) is 9.90 Å². The zero-order valence-electron chi connectivity index (χ0n) is 10.4. The molecule has 0 bridgehead atoms. The highest BCUT2D eigenvalue weighted by molar-refractivity contribution is 7.98. The number of thioether (sulfide) groups is 1. The van der Waals surface area contributed by atoms with Crippen molar-refractivity contribution >= 4 is 17.7 Å². The van der Waals surface area contributed by atoms with Crippen molar-refractivity contribution in [3.63, 3.8) is 0 Å². The Morgan fingerprint density at radius 2 is 2.35 bits per heavy atom. The number of furan rings is 1. The minimum absolute atomic E-state index is 0.197. The lowest BCUT2D eigenvalue weighted by atomic mass is 10.1. The Kier molecular flexibility index (Phi) is 5.08. The second-order valence-corrected chi connectivity index (χ2v) is 5.09. The molecule has 1 atom stereocenters. The van der Waals surface area contributed by atoms with E-state index >= 15 is 0 Å². The van der Waals surface area contributed by atoms with E-state index in [0.29, 0.717) is 23.5 Å². The lowest BCUT2D eigenvalue weighted by Crippen LogP contribution is -2.42. The summed E-state index contributed by atoms with van der Waals surface area (Å²) < 4.78 is 5.19. The zero-order chi connectivity index (χ0) is 12.9. The Morgan fingerprint density at radius 1 is 1.65 bits per heavy atom. The molecule has 1 aromatic rings. The quantitative estimate of drug-likeness (QED) is 0.814. The first-order valence-corrected chi connectivity index (χ1v) is 6.95. The number of hydrogen-bond acceptors (Lipinski definition) is 4. The normalized spacial score (nSPS) is 14.4. The fourth-order valence-electron chi connectivity index (χ4n) is 1.54. The van der Waals surface area contributed by atoms with Gasteiger partial charge < -0.3 is 14.8 Å². The fourth-order valence-corrected chi connectivity index (χ4v) is 2.27. The van der Waals surface area contributed by atoms with E-state index in [1.807, 2.05) is 13.2 Å². The van der Waals surface area contributed by atoms with Gasteiger partial charge >= 0.3 is 0 Å². The molecule has 1 unspecified atom stereocenters. The molecule has 1 heterocycles. The molecule has 4 nitrogen and oxygen atoms in total. The van der Waals surface area contributed by atoms with Gasteiger partial charge in [-0.3, -0.25) is 4.79 Å². The van der Waals surface area contributed by atoms with E-state index in [1.54, 1.807) is 24.8 Å². The topological polar surface area (TPSA) is 62.5 Å². The molecule has 0 saturated heterocycles. The van der Waals surface area contributed by atoms with Crippen LogP contribution in [0.15, 0.2) is 16.7 Å². The van der Waals surface area contributed by atoms with E-state index in [1.165, 1.54) is 6.26 Å². The van der Waals surface area contributed by atoms with Crippen molar-refractivity contribution in [1.82, 2.24) is 5.32 Å². The smallest absolute Gasteiger partial charge is 0.254 e. The number of rotatable bonds is 6.